The van der Waals surface area contributed by atoms with Crippen LogP contribution in [0, 0.1) is 12.3 Å². The van der Waals surface area contributed by atoms with Crippen LogP contribution in [0.15, 0.2) is 23.8 Å². The molecule has 9 nitrogen and oxygen atoms in total. The number of thiazole rings is 1. The van der Waals surface area contributed by atoms with E-state index in [2.05, 4.69) is 20.9 Å². The Morgan fingerprint density at radius 1 is 1.41 bits per heavy atom. The number of carbonyl (C=O) groups is 2. The topological polar surface area (TPSA) is 148 Å². The van der Waals surface area contributed by atoms with Crippen molar-refractivity contribution in [1.82, 2.24) is 19.9 Å². The number of nitrogens with zero attached hydrogens (tertiary/aromatic N) is 4. The second-order valence-corrected chi connectivity index (χ2v) is 7.17. The Balaban J connectivity index is 0.000000252. The van der Waals surface area contributed by atoms with Crippen molar-refractivity contribution in [3.63, 3.8) is 0 Å². The smallest absolute Gasteiger partial charge is 0.271 e. The molecule has 2 amide bonds. The van der Waals surface area contributed by atoms with Gasteiger partial charge < -0.3 is 21.5 Å². The molecule has 4 rings (SSSR count). The summed E-state index contributed by atoms with van der Waals surface area (Å²) in [6, 6.07) is 3.64. The fourth-order valence-electron chi connectivity index (χ4n) is 2.76. The Morgan fingerprint density at radius 3 is 2.72 bits per heavy atom. The minimum absolute atomic E-state index is 0.00567. The molecule has 0 radical (unpaired) electrons. The third-order valence-corrected chi connectivity index (χ3v) is 5.09. The van der Waals surface area contributed by atoms with Crippen molar-refractivity contribution in [2.24, 2.45) is 5.73 Å². The van der Waals surface area contributed by atoms with Crippen LogP contribution in [0.2, 0.25) is 0 Å². The van der Waals surface area contributed by atoms with E-state index in [9.17, 15) is 9.59 Å². The molecule has 29 heavy (non-hydrogen) atoms. The van der Waals surface area contributed by atoms with Crippen molar-refractivity contribution in [1.29, 1.82) is 0 Å². The summed E-state index contributed by atoms with van der Waals surface area (Å²) < 4.78 is 0.930. The number of hydrogen-bond donors (Lipinski definition) is 3. The summed E-state index contributed by atoms with van der Waals surface area (Å²) in [7, 11) is 1.69. The van der Waals surface area contributed by atoms with Crippen molar-refractivity contribution in [2.75, 3.05) is 19.3 Å². The van der Waals surface area contributed by atoms with Gasteiger partial charge in [0.2, 0.25) is 0 Å². The lowest BCUT2D eigenvalue weighted by Crippen LogP contribution is -2.24. The Bertz CT molecular complexity index is 1120. The maximum absolute atomic E-state index is 11.3. The summed E-state index contributed by atoms with van der Waals surface area (Å²) in [4.78, 5) is 35.9. The van der Waals surface area contributed by atoms with E-state index in [1.54, 1.807) is 18.6 Å². The number of benzene rings is 1. The predicted octanol–water partition coefficient (Wildman–Crippen LogP) is 0.625. The molecule has 1 fully saturated rings. The zero-order valence-electron chi connectivity index (χ0n) is 15.5. The summed E-state index contributed by atoms with van der Waals surface area (Å²) in [6.07, 6.45) is 6.80. The Morgan fingerprint density at radius 2 is 2.17 bits per heavy atom. The van der Waals surface area contributed by atoms with Crippen molar-refractivity contribution < 1.29 is 14.7 Å². The maximum Gasteiger partial charge on any atom is 0.271 e. The van der Waals surface area contributed by atoms with Gasteiger partial charge in [0.15, 0.2) is 11.5 Å². The van der Waals surface area contributed by atoms with Gasteiger partial charge in [-0.05, 0) is 18.6 Å². The molecule has 1 aromatic carbocycles. The maximum atomic E-state index is 11.3. The third kappa shape index (κ3) is 4.16. The number of nitrogen functional groups attached to an aromatic ring is 1. The standard InChI is InChI=1S/C14H9N5OS.C5H9NO2/c1-2-7-3-8(11-10(4-7)21-6-18-11)9-5-17-13(15)12(19-9)14(16)20;1-6-3-2-4(7)5(6)8/h1,3-6H,(H2,15,17)(H2,16,20);4,7H,2-3H2,1H3/t;4-/m.0/s1. The van der Waals surface area contributed by atoms with Gasteiger partial charge in [-0.3, -0.25) is 9.59 Å². The van der Waals surface area contributed by atoms with Crippen LogP contribution in [-0.2, 0) is 4.79 Å². The molecule has 0 aliphatic carbocycles. The Kier molecular flexibility index (Phi) is 5.72. The lowest BCUT2D eigenvalue weighted by Gasteiger charge is -2.06. The average molecular weight is 410 g/mol. The molecule has 5 N–H and O–H groups in total. The monoisotopic (exact) mass is 410 g/mol. The number of aliphatic hydroxyl groups is 1. The first-order chi connectivity index (χ1) is 13.8. The van der Waals surface area contributed by atoms with Gasteiger partial charge in [0.05, 0.1) is 27.6 Å². The van der Waals surface area contributed by atoms with E-state index >= 15 is 0 Å². The van der Waals surface area contributed by atoms with Crippen LogP contribution < -0.4 is 11.5 Å². The Hall–Kier alpha value is -3.55. The Labute approximate surface area is 170 Å². The predicted molar refractivity (Wildman–Crippen MR) is 110 cm³/mol. The van der Waals surface area contributed by atoms with Gasteiger partial charge >= 0.3 is 0 Å². The number of aromatic nitrogens is 3. The molecule has 1 aliphatic rings. The van der Waals surface area contributed by atoms with E-state index < -0.39 is 12.0 Å². The number of likely N-dealkylation sites (tertiary alicyclic amines) is 1. The molecule has 1 aliphatic heterocycles. The molecule has 0 unspecified atom stereocenters. The summed E-state index contributed by atoms with van der Waals surface area (Å²) in [5.74, 6) is 1.70. The quantitative estimate of drug-likeness (QED) is 0.525. The van der Waals surface area contributed by atoms with Crippen LogP contribution in [0.3, 0.4) is 0 Å². The number of primary amides is 1. The van der Waals surface area contributed by atoms with Crippen molar-refractivity contribution in [2.45, 2.75) is 12.5 Å². The van der Waals surface area contributed by atoms with Crippen LogP contribution >= 0.6 is 11.3 Å². The molecular weight excluding hydrogens is 392 g/mol. The molecule has 3 heterocycles. The van der Waals surface area contributed by atoms with Gasteiger partial charge in [-0.1, -0.05) is 5.92 Å². The van der Waals surface area contributed by atoms with E-state index in [4.69, 9.17) is 23.0 Å². The molecule has 1 saturated heterocycles. The molecule has 2 aromatic heterocycles. The SMILES string of the molecule is C#Cc1cc(-c2cnc(N)c(C(N)=O)n2)c2ncsc2c1.CN1CC[C@H](O)C1=O. The van der Waals surface area contributed by atoms with Gasteiger partial charge in [-0.2, -0.15) is 0 Å². The molecule has 148 valence electrons. The largest absolute Gasteiger partial charge is 0.383 e. The lowest BCUT2D eigenvalue weighted by atomic mass is 10.1. The van der Waals surface area contributed by atoms with Gasteiger partial charge in [-0.15, -0.1) is 17.8 Å². The van der Waals surface area contributed by atoms with Crippen molar-refractivity contribution in [3.8, 4) is 23.6 Å². The van der Waals surface area contributed by atoms with Crippen LogP contribution in [0.5, 0.6) is 0 Å². The van der Waals surface area contributed by atoms with Gasteiger partial charge in [0.25, 0.3) is 11.8 Å². The van der Waals surface area contributed by atoms with E-state index in [1.807, 2.05) is 6.07 Å². The zero-order valence-corrected chi connectivity index (χ0v) is 16.3. The summed E-state index contributed by atoms with van der Waals surface area (Å²) in [5.41, 5.74) is 15.1. The minimum Gasteiger partial charge on any atom is -0.383 e. The second kappa shape index (κ2) is 8.22. The number of anilines is 1. The van der Waals surface area contributed by atoms with Crippen LogP contribution in [0.25, 0.3) is 21.5 Å². The summed E-state index contributed by atoms with van der Waals surface area (Å²) >= 11 is 1.47. The molecule has 0 bridgehead atoms. The highest BCUT2D eigenvalue weighted by Gasteiger charge is 2.26. The molecule has 1 atom stereocenters. The molecule has 3 aromatic rings. The first-order valence-electron chi connectivity index (χ1n) is 8.51. The van der Waals surface area contributed by atoms with Crippen LogP contribution in [0.4, 0.5) is 5.82 Å². The third-order valence-electron chi connectivity index (χ3n) is 4.31. The zero-order chi connectivity index (χ0) is 21.1. The number of rotatable bonds is 2. The van der Waals surface area contributed by atoms with Crippen LogP contribution in [0.1, 0.15) is 22.5 Å². The van der Waals surface area contributed by atoms with E-state index in [1.165, 1.54) is 22.4 Å². The fraction of sp³-hybridized carbons (Fsp3) is 0.211. The summed E-state index contributed by atoms with van der Waals surface area (Å²) in [6.45, 7) is 0.694. The number of nitrogens with two attached hydrogens (primary N) is 2. The fourth-order valence-corrected chi connectivity index (χ4v) is 3.50. The minimum atomic E-state index is -0.732. The number of carbonyl (C=O) groups excluding carboxylic acids is 2. The van der Waals surface area contributed by atoms with E-state index in [0.717, 1.165) is 10.2 Å². The average Bonchev–Trinajstić information content (AvgIpc) is 3.30. The molecule has 0 spiro atoms. The van der Waals surface area contributed by atoms with Gasteiger partial charge in [0, 0.05) is 24.7 Å². The number of likely N-dealkylation sites (N-methyl/N-ethyl adjacent to an activating group) is 1. The highest BCUT2D eigenvalue weighted by atomic mass is 32.1. The van der Waals surface area contributed by atoms with Gasteiger partial charge in [0.1, 0.15) is 6.10 Å². The van der Waals surface area contributed by atoms with Crippen molar-refractivity contribution in [3.05, 3.63) is 35.1 Å². The molecule has 10 heteroatoms. The number of aliphatic hydroxyl groups excluding tert-OH is 1. The first kappa shape index (κ1) is 20.2. The number of terminal acetylenes is 1. The second-order valence-electron chi connectivity index (χ2n) is 6.28. The van der Waals surface area contributed by atoms with Crippen LogP contribution in [-0.4, -0.2) is 56.5 Å². The first-order valence-corrected chi connectivity index (χ1v) is 9.39. The highest BCUT2D eigenvalue weighted by Crippen LogP contribution is 2.30. The molecular formula is C19H18N6O3S. The highest BCUT2D eigenvalue weighted by molar-refractivity contribution is 7.16. The normalized spacial score (nSPS) is 15.7. The van der Waals surface area contributed by atoms with Gasteiger partial charge in [-0.25, -0.2) is 15.0 Å². The summed E-state index contributed by atoms with van der Waals surface area (Å²) in [5, 5.41) is 8.78. The van der Waals surface area contributed by atoms with E-state index in [-0.39, 0.29) is 17.4 Å². The number of amides is 2. The lowest BCUT2D eigenvalue weighted by molar-refractivity contribution is -0.133. The van der Waals surface area contributed by atoms with Crippen molar-refractivity contribution >= 4 is 39.2 Å². The number of hydrogen-bond acceptors (Lipinski definition) is 8. The van der Waals surface area contributed by atoms with E-state index in [0.29, 0.717) is 29.8 Å². The number of fused-ring (bicyclic) bond motifs is 1. The molecule has 0 saturated carbocycles.